The summed E-state index contributed by atoms with van der Waals surface area (Å²) in [6, 6.07) is 13.5. The third-order valence-corrected chi connectivity index (χ3v) is 4.95. The molecule has 4 rings (SSSR count). The molecule has 7 nitrogen and oxygen atoms in total. The quantitative estimate of drug-likeness (QED) is 0.770. The molecule has 1 aliphatic rings. The Morgan fingerprint density at radius 2 is 1.96 bits per heavy atom. The highest BCUT2D eigenvalue weighted by atomic mass is 16.1. The average molecular weight is 364 g/mol. The minimum atomic E-state index is -0.0538. The van der Waals surface area contributed by atoms with E-state index in [1.165, 1.54) is 0 Å². The van der Waals surface area contributed by atoms with Crippen molar-refractivity contribution in [3.05, 3.63) is 48.3 Å². The zero-order valence-corrected chi connectivity index (χ0v) is 15.7. The number of nitrogens with zero attached hydrogens (tertiary/aromatic N) is 5. The van der Waals surface area contributed by atoms with Crippen LogP contribution in [0, 0.1) is 5.92 Å². The molecule has 3 heterocycles. The molecule has 0 spiro atoms. The Hall–Kier alpha value is -2.96. The van der Waals surface area contributed by atoms with Crippen LogP contribution in [0.25, 0.3) is 5.65 Å². The number of carbonyl (C=O) groups is 1. The van der Waals surface area contributed by atoms with E-state index in [1.54, 1.807) is 0 Å². The predicted molar refractivity (Wildman–Crippen MR) is 105 cm³/mol. The van der Waals surface area contributed by atoms with Gasteiger partial charge in [-0.1, -0.05) is 32.0 Å². The summed E-state index contributed by atoms with van der Waals surface area (Å²) in [6.45, 7) is 5.72. The molecule has 1 fully saturated rings. The maximum Gasteiger partial charge on any atom is 0.229 e. The Morgan fingerprint density at radius 3 is 2.74 bits per heavy atom. The van der Waals surface area contributed by atoms with Crippen molar-refractivity contribution in [2.75, 3.05) is 23.3 Å². The lowest BCUT2D eigenvalue weighted by Crippen LogP contribution is -2.41. The minimum Gasteiger partial charge on any atom is -0.354 e. The Labute approximate surface area is 158 Å². The summed E-state index contributed by atoms with van der Waals surface area (Å²) in [5.41, 5.74) is 1.59. The van der Waals surface area contributed by atoms with E-state index in [1.807, 2.05) is 47.0 Å². The molecule has 1 N–H and O–H groups in total. The normalized spacial score (nSPS) is 17.4. The summed E-state index contributed by atoms with van der Waals surface area (Å²) < 4.78 is 1.81. The van der Waals surface area contributed by atoms with Crippen LogP contribution >= 0.6 is 0 Å². The summed E-state index contributed by atoms with van der Waals surface area (Å²) in [4.78, 5) is 14.9. The number of piperidine rings is 1. The van der Waals surface area contributed by atoms with E-state index in [0.717, 1.165) is 42.4 Å². The summed E-state index contributed by atoms with van der Waals surface area (Å²) in [5, 5.41) is 16.2. The number of benzene rings is 1. The van der Waals surface area contributed by atoms with Gasteiger partial charge in [0.05, 0.1) is 5.92 Å². The van der Waals surface area contributed by atoms with Gasteiger partial charge in [0.15, 0.2) is 11.5 Å². The first-order valence-electron chi connectivity index (χ1n) is 9.45. The lowest BCUT2D eigenvalue weighted by Gasteiger charge is -2.32. The monoisotopic (exact) mass is 364 g/mol. The SMILES string of the molecule is CC(C)c1nnc2ccc(N3CCC[C@H](C(=O)Nc4ccccc4)C3)nn12. The van der Waals surface area contributed by atoms with Crippen LogP contribution in [0.4, 0.5) is 11.5 Å². The van der Waals surface area contributed by atoms with Gasteiger partial charge in [-0.3, -0.25) is 4.79 Å². The number of fused-ring (bicyclic) bond motifs is 1. The van der Waals surface area contributed by atoms with Gasteiger partial charge in [-0.05, 0) is 37.1 Å². The van der Waals surface area contributed by atoms with Crippen molar-refractivity contribution in [3.63, 3.8) is 0 Å². The molecular weight excluding hydrogens is 340 g/mol. The average Bonchev–Trinajstić information content (AvgIpc) is 3.12. The van der Waals surface area contributed by atoms with E-state index >= 15 is 0 Å². The van der Waals surface area contributed by atoms with E-state index in [9.17, 15) is 4.79 Å². The summed E-state index contributed by atoms with van der Waals surface area (Å²) in [7, 11) is 0. The summed E-state index contributed by atoms with van der Waals surface area (Å²) in [5.74, 6) is 1.97. The van der Waals surface area contributed by atoms with E-state index in [2.05, 4.69) is 34.3 Å². The number of anilines is 2. The lowest BCUT2D eigenvalue weighted by atomic mass is 9.97. The van der Waals surface area contributed by atoms with Crippen LogP contribution in [0.3, 0.4) is 0 Å². The Kier molecular flexibility index (Phi) is 4.75. The Bertz CT molecular complexity index is 936. The number of hydrogen-bond donors (Lipinski definition) is 1. The fourth-order valence-corrected chi connectivity index (χ4v) is 3.49. The highest BCUT2D eigenvalue weighted by Crippen LogP contribution is 2.24. The first kappa shape index (κ1) is 17.5. The van der Waals surface area contributed by atoms with Crippen molar-refractivity contribution in [1.82, 2.24) is 19.8 Å². The van der Waals surface area contributed by atoms with E-state index in [0.29, 0.717) is 6.54 Å². The molecule has 0 aliphatic carbocycles. The molecular formula is C20H24N6O. The second-order valence-electron chi connectivity index (χ2n) is 7.31. The first-order valence-corrected chi connectivity index (χ1v) is 9.45. The van der Waals surface area contributed by atoms with Crippen molar-refractivity contribution in [1.29, 1.82) is 0 Å². The largest absolute Gasteiger partial charge is 0.354 e. The van der Waals surface area contributed by atoms with Crippen LogP contribution in [-0.4, -0.2) is 38.8 Å². The third kappa shape index (κ3) is 3.63. The number of amides is 1. The van der Waals surface area contributed by atoms with Crippen LogP contribution in [0.5, 0.6) is 0 Å². The molecule has 0 bridgehead atoms. The van der Waals surface area contributed by atoms with E-state index in [-0.39, 0.29) is 17.7 Å². The fourth-order valence-electron chi connectivity index (χ4n) is 3.49. The summed E-state index contributed by atoms with van der Waals surface area (Å²) >= 11 is 0. The maximum absolute atomic E-state index is 12.7. The van der Waals surface area contributed by atoms with Gasteiger partial charge in [0.2, 0.25) is 5.91 Å². The topological polar surface area (TPSA) is 75.4 Å². The lowest BCUT2D eigenvalue weighted by molar-refractivity contribution is -0.120. The number of rotatable bonds is 4. The second kappa shape index (κ2) is 7.34. The number of nitrogens with one attached hydrogen (secondary N) is 1. The molecule has 1 saturated heterocycles. The summed E-state index contributed by atoms with van der Waals surface area (Å²) in [6.07, 6.45) is 1.85. The number of para-hydroxylation sites is 1. The standard InChI is InChI=1S/C20H24N6O/c1-14(2)19-23-22-17-10-11-18(24-26(17)19)25-12-6-7-15(13-25)20(27)21-16-8-4-3-5-9-16/h3-5,8-11,14-15H,6-7,12-13H2,1-2H3,(H,21,27)/t15-/m0/s1. The van der Waals surface area contributed by atoms with Gasteiger partial charge in [0.1, 0.15) is 5.82 Å². The predicted octanol–water partition coefficient (Wildman–Crippen LogP) is 3.10. The van der Waals surface area contributed by atoms with Gasteiger partial charge in [0, 0.05) is 24.7 Å². The molecule has 1 atom stereocenters. The number of hydrogen-bond acceptors (Lipinski definition) is 5. The third-order valence-electron chi connectivity index (χ3n) is 4.95. The van der Waals surface area contributed by atoms with Gasteiger partial charge < -0.3 is 10.2 Å². The molecule has 0 radical (unpaired) electrons. The van der Waals surface area contributed by atoms with Crippen molar-refractivity contribution >= 4 is 23.1 Å². The smallest absolute Gasteiger partial charge is 0.229 e. The Morgan fingerprint density at radius 1 is 1.15 bits per heavy atom. The number of aromatic nitrogens is 4. The van der Waals surface area contributed by atoms with Crippen LogP contribution in [-0.2, 0) is 4.79 Å². The molecule has 0 unspecified atom stereocenters. The maximum atomic E-state index is 12.7. The van der Waals surface area contributed by atoms with Crippen LogP contribution in [0.2, 0.25) is 0 Å². The molecule has 1 aliphatic heterocycles. The van der Waals surface area contributed by atoms with Gasteiger partial charge in [-0.25, -0.2) is 0 Å². The highest BCUT2D eigenvalue weighted by molar-refractivity contribution is 5.93. The molecule has 7 heteroatoms. The first-order chi connectivity index (χ1) is 13.1. The van der Waals surface area contributed by atoms with Crippen molar-refractivity contribution in [2.24, 2.45) is 5.92 Å². The molecule has 140 valence electrons. The molecule has 27 heavy (non-hydrogen) atoms. The number of carbonyl (C=O) groups excluding carboxylic acids is 1. The molecule has 0 saturated carbocycles. The van der Waals surface area contributed by atoms with Crippen molar-refractivity contribution < 1.29 is 4.79 Å². The minimum absolute atomic E-state index is 0.0538. The zero-order chi connectivity index (χ0) is 18.8. The van der Waals surface area contributed by atoms with Crippen LogP contribution in [0.15, 0.2) is 42.5 Å². The highest BCUT2D eigenvalue weighted by Gasteiger charge is 2.27. The van der Waals surface area contributed by atoms with Gasteiger partial charge in [-0.15, -0.1) is 15.3 Å². The molecule has 2 aromatic heterocycles. The molecule has 1 aromatic carbocycles. The van der Waals surface area contributed by atoms with Crippen LogP contribution < -0.4 is 10.2 Å². The molecule has 3 aromatic rings. The van der Waals surface area contributed by atoms with E-state index in [4.69, 9.17) is 5.10 Å². The Balaban J connectivity index is 1.51. The van der Waals surface area contributed by atoms with Crippen molar-refractivity contribution in [2.45, 2.75) is 32.6 Å². The second-order valence-corrected chi connectivity index (χ2v) is 7.31. The molecule has 1 amide bonds. The van der Waals surface area contributed by atoms with Gasteiger partial charge in [-0.2, -0.15) is 4.52 Å². The fraction of sp³-hybridized carbons (Fsp3) is 0.400. The van der Waals surface area contributed by atoms with Crippen LogP contribution in [0.1, 0.15) is 38.4 Å². The van der Waals surface area contributed by atoms with Crippen molar-refractivity contribution in [3.8, 4) is 0 Å². The van der Waals surface area contributed by atoms with Gasteiger partial charge >= 0.3 is 0 Å². The van der Waals surface area contributed by atoms with E-state index < -0.39 is 0 Å². The zero-order valence-electron chi connectivity index (χ0n) is 15.7. The van der Waals surface area contributed by atoms with Gasteiger partial charge in [0.25, 0.3) is 0 Å².